The van der Waals surface area contributed by atoms with E-state index in [1.165, 1.54) is 6.26 Å². The summed E-state index contributed by atoms with van der Waals surface area (Å²) in [4.78, 5) is 0. The van der Waals surface area contributed by atoms with E-state index in [9.17, 15) is 0 Å². The first kappa shape index (κ1) is 4.30. The molecular formula is C4H8N2O. The number of nitrogens with two attached hydrogens (primary N) is 1. The van der Waals surface area contributed by atoms with Crippen molar-refractivity contribution >= 4 is 0 Å². The zero-order valence-electron chi connectivity index (χ0n) is 4.14. The molecule has 0 spiro atoms. The second-order valence-corrected chi connectivity index (χ2v) is 1.50. The van der Waals surface area contributed by atoms with E-state index in [0.29, 0.717) is 5.82 Å². The molecule has 1 rings (SSSR count). The molecule has 0 saturated carbocycles. The molecule has 0 radical (unpaired) electrons. The maximum Gasteiger partial charge on any atom is 0.167 e. The molecule has 0 aromatic carbocycles. The van der Waals surface area contributed by atoms with E-state index in [2.05, 4.69) is 5.32 Å². The first-order valence-corrected chi connectivity index (χ1v) is 2.16. The van der Waals surface area contributed by atoms with Gasteiger partial charge in [-0.1, -0.05) is 0 Å². The van der Waals surface area contributed by atoms with Crippen LogP contribution in [0.25, 0.3) is 0 Å². The van der Waals surface area contributed by atoms with Gasteiger partial charge in [0.25, 0.3) is 0 Å². The molecule has 0 saturated heterocycles. The molecular weight excluding hydrogens is 92.1 g/mol. The zero-order chi connectivity index (χ0) is 5.28. The van der Waals surface area contributed by atoms with Gasteiger partial charge in [-0.05, 0) is 6.92 Å². The van der Waals surface area contributed by atoms with Crippen molar-refractivity contribution in [3.05, 3.63) is 12.1 Å². The van der Waals surface area contributed by atoms with Gasteiger partial charge in [-0.2, -0.15) is 0 Å². The highest BCUT2D eigenvalue weighted by Crippen LogP contribution is 1.97. The van der Waals surface area contributed by atoms with Crippen LogP contribution in [0, 0.1) is 0 Å². The predicted molar refractivity (Wildman–Crippen MR) is 26.0 cm³/mol. The second-order valence-electron chi connectivity index (χ2n) is 1.50. The van der Waals surface area contributed by atoms with Gasteiger partial charge in [0.2, 0.25) is 0 Å². The summed E-state index contributed by atoms with van der Waals surface area (Å²) in [6, 6.07) is 0. The van der Waals surface area contributed by atoms with Crippen molar-refractivity contribution in [2.45, 2.75) is 13.2 Å². The Labute approximate surface area is 42.1 Å². The van der Waals surface area contributed by atoms with Gasteiger partial charge < -0.3 is 15.8 Å². The van der Waals surface area contributed by atoms with Crippen LogP contribution in [0.3, 0.4) is 0 Å². The van der Waals surface area contributed by atoms with Crippen molar-refractivity contribution in [3.63, 3.8) is 0 Å². The Morgan fingerprint density at radius 3 is 2.86 bits per heavy atom. The van der Waals surface area contributed by atoms with E-state index in [1.807, 2.05) is 6.92 Å². The molecule has 1 aliphatic heterocycles. The van der Waals surface area contributed by atoms with Crippen molar-refractivity contribution < 1.29 is 4.74 Å². The average Bonchev–Trinajstić information content (AvgIpc) is 1.87. The first-order valence-electron chi connectivity index (χ1n) is 2.16. The summed E-state index contributed by atoms with van der Waals surface area (Å²) in [5.41, 5.74) is 5.25. The highest BCUT2D eigenvalue weighted by Gasteiger charge is 2.05. The van der Waals surface area contributed by atoms with Gasteiger partial charge in [-0.15, -0.1) is 0 Å². The molecule has 0 aliphatic carbocycles. The van der Waals surface area contributed by atoms with Crippen LogP contribution in [0.1, 0.15) is 6.92 Å². The number of rotatable bonds is 0. The largest absolute Gasteiger partial charge is 0.475 e. The Hall–Kier alpha value is -0.860. The van der Waals surface area contributed by atoms with Crippen LogP contribution in [0.4, 0.5) is 0 Å². The van der Waals surface area contributed by atoms with Gasteiger partial charge in [0.1, 0.15) is 12.1 Å². The van der Waals surface area contributed by atoms with Gasteiger partial charge in [0.05, 0.1) is 0 Å². The van der Waals surface area contributed by atoms with Gasteiger partial charge >= 0.3 is 0 Å². The van der Waals surface area contributed by atoms with Gasteiger partial charge in [-0.3, -0.25) is 0 Å². The molecule has 1 aliphatic rings. The standard InChI is InChI=1S/C4H8N2O/c1-3-6-4(5)2-7-3/h2-3,6H,5H2,1H3. The Balaban J connectivity index is 2.42. The monoisotopic (exact) mass is 100 g/mol. The van der Waals surface area contributed by atoms with E-state index in [4.69, 9.17) is 10.5 Å². The normalized spacial score (nSPS) is 28.1. The summed E-state index contributed by atoms with van der Waals surface area (Å²) in [6.45, 7) is 1.89. The molecule has 7 heavy (non-hydrogen) atoms. The Kier molecular flexibility index (Phi) is 0.817. The van der Waals surface area contributed by atoms with Crippen LogP contribution in [-0.4, -0.2) is 6.23 Å². The van der Waals surface area contributed by atoms with Crippen LogP contribution < -0.4 is 11.1 Å². The molecule has 3 heteroatoms. The molecule has 0 fully saturated rings. The van der Waals surface area contributed by atoms with Crippen molar-refractivity contribution in [2.75, 3.05) is 0 Å². The Morgan fingerprint density at radius 1 is 2.00 bits per heavy atom. The van der Waals surface area contributed by atoms with Gasteiger partial charge in [0.15, 0.2) is 6.23 Å². The van der Waals surface area contributed by atoms with Crippen molar-refractivity contribution in [2.24, 2.45) is 5.73 Å². The lowest BCUT2D eigenvalue weighted by Crippen LogP contribution is -2.23. The predicted octanol–water partition coefficient (Wildman–Crippen LogP) is -0.290. The fourth-order valence-electron chi connectivity index (χ4n) is 0.478. The molecule has 40 valence electrons. The van der Waals surface area contributed by atoms with Gasteiger partial charge in [0, 0.05) is 0 Å². The van der Waals surface area contributed by atoms with Crippen molar-refractivity contribution in [3.8, 4) is 0 Å². The molecule has 3 nitrogen and oxygen atoms in total. The first-order chi connectivity index (χ1) is 3.29. The molecule has 0 aromatic heterocycles. The summed E-state index contributed by atoms with van der Waals surface area (Å²) in [5, 5.41) is 2.83. The highest BCUT2D eigenvalue weighted by molar-refractivity contribution is 4.93. The van der Waals surface area contributed by atoms with Crippen molar-refractivity contribution in [1.82, 2.24) is 5.32 Å². The molecule has 0 bridgehead atoms. The molecule has 3 N–H and O–H groups in total. The highest BCUT2D eigenvalue weighted by atomic mass is 16.5. The SMILES string of the molecule is CC1NC(N)=CO1. The smallest absolute Gasteiger partial charge is 0.167 e. The van der Waals surface area contributed by atoms with E-state index >= 15 is 0 Å². The van der Waals surface area contributed by atoms with E-state index in [0.717, 1.165) is 0 Å². The summed E-state index contributed by atoms with van der Waals surface area (Å²) in [6.07, 6.45) is 1.56. The van der Waals surface area contributed by atoms with Crippen LogP contribution >= 0.6 is 0 Å². The number of ether oxygens (including phenoxy) is 1. The molecule has 1 unspecified atom stereocenters. The number of nitrogens with one attached hydrogen (secondary N) is 1. The maximum atomic E-state index is 5.25. The van der Waals surface area contributed by atoms with Crippen LogP contribution in [0.5, 0.6) is 0 Å². The number of hydrogen-bond donors (Lipinski definition) is 2. The third-order valence-corrected chi connectivity index (χ3v) is 0.769. The molecule has 0 amide bonds. The lowest BCUT2D eigenvalue weighted by atomic mass is 10.7. The quantitative estimate of drug-likeness (QED) is 0.439. The van der Waals surface area contributed by atoms with Crippen LogP contribution in [0.2, 0.25) is 0 Å². The summed E-state index contributed by atoms with van der Waals surface area (Å²) in [7, 11) is 0. The Morgan fingerprint density at radius 2 is 2.71 bits per heavy atom. The number of hydrogen-bond acceptors (Lipinski definition) is 3. The van der Waals surface area contributed by atoms with Crippen LogP contribution in [-0.2, 0) is 4.74 Å². The lowest BCUT2D eigenvalue weighted by molar-refractivity contribution is 0.170. The minimum atomic E-state index is 0.0556. The fourth-order valence-corrected chi connectivity index (χ4v) is 0.478. The van der Waals surface area contributed by atoms with E-state index in [1.54, 1.807) is 0 Å². The third-order valence-electron chi connectivity index (χ3n) is 0.769. The van der Waals surface area contributed by atoms with Crippen LogP contribution in [0.15, 0.2) is 12.1 Å². The molecule has 1 heterocycles. The molecule has 1 atom stereocenters. The van der Waals surface area contributed by atoms with E-state index < -0.39 is 0 Å². The lowest BCUT2D eigenvalue weighted by Gasteiger charge is -2.01. The summed E-state index contributed by atoms with van der Waals surface area (Å²) < 4.78 is 4.87. The van der Waals surface area contributed by atoms with Gasteiger partial charge in [-0.25, -0.2) is 0 Å². The molecule has 0 aromatic rings. The topological polar surface area (TPSA) is 47.3 Å². The zero-order valence-corrected chi connectivity index (χ0v) is 4.14. The summed E-state index contributed by atoms with van der Waals surface area (Å²) in [5.74, 6) is 0.604. The maximum absolute atomic E-state index is 5.25. The third kappa shape index (κ3) is 0.765. The second kappa shape index (κ2) is 1.33. The minimum Gasteiger partial charge on any atom is -0.475 e. The van der Waals surface area contributed by atoms with E-state index in [-0.39, 0.29) is 6.23 Å². The fraction of sp³-hybridized carbons (Fsp3) is 0.500. The average molecular weight is 100 g/mol. The minimum absolute atomic E-state index is 0.0556. The Bertz CT molecular complexity index is 99.9. The van der Waals surface area contributed by atoms with Crippen molar-refractivity contribution in [1.29, 1.82) is 0 Å². The summed E-state index contributed by atoms with van der Waals surface area (Å²) >= 11 is 0.